The molecule has 0 aliphatic heterocycles. The Kier molecular flexibility index (Phi) is 5.95. The van der Waals surface area contributed by atoms with Gasteiger partial charge in [-0.2, -0.15) is 0 Å². The fraction of sp³-hybridized carbons (Fsp3) is 0.182. The second kappa shape index (κ2) is 8.96. The number of furan rings is 1. The normalized spacial score (nSPS) is 11.0. The number of thioether (sulfide) groups is 1. The Labute approximate surface area is 172 Å². The minimum Gasteiger partial charge on any atom is -0.493 e. The highest BCUT2D eigenvalue weighted by atomic mass is 32.2. The first kappa shape index (κ1) is 19.3. The Bertz CT molecular complexity index is 1060. The van der Waals surface area contributed by atoms with Crippen molar-refractivity contribution in [3.05, 3.63) is 84.1 Å². The van der Waals surface area contributed by atoms with Gasteiger partial charge in [0.25, 0.3) is 0 Å². The maximum absolute atomic E-state index is 13.0. The van der Waals surface area contributed by atoms with Crippen LogP contribution in [0.25, 0.3) is 11.4 Å². The van der Waals surface area contributed by atoms with Crippen molar-refractivity contribution >= 4 is 11.8 Å². The molecule has 0 saturated carbocycles. The molecule has 0 N–H and O–H groups in total. The molecule has 148 valence electrons. The summed E-state index contributed by atoms with van der Waals surface area (Å²) in [6.45, 7) is 3.08. The van der Waals surface area contributed by atoms with E-state index in [0.29, 0.717) is 24.7 Å². The van der Waals surface area contributed by atoms with Crippen LogP contribution in [0, 0.1) is 12.7 Å². The number of halogens is 1. The Hall–Kier alpha value is -3.06. The van der Waals surface area contributed by atoms with Crippen LogP contribution in [0.4, 0.5) is 4.39 Å². The van der Waals surface area contributed by atoms with Gasteiger partial charge in [-0.25, -0.2) is 4.39 Å². The van der Waals surface area contributed by atoms with E-state index in [1.165, 1.54) is 12.1 Å². The molecule has 0 radical (unpaired) electrons. The number of aromatic nitrogens is 3. The topological polar surface area (TPSA) is 53.1 Å². The third-order valence-electron chi connectivity index (χ3n) is 4.28. The second-order valence-corrected chi connectivity index (χ2v) is 7.55. The van der Waals surface area contributed by atoms with Gasteiger partial charge >= 0.3 is 0 Å². The number of aryl methyl sites for hydroxylation is 1. The van der Waals surface area contributed by atoms with Crippen molar-refractivity contribution in [3.8, 4) is 17.1 Å². The van der Waals surface area contributed by atoms with Crippen molar-refractivity contribution < 1.29 is 13.5 Å². The Morgan fingerprint density at radius 1 is 1.07 bits per heavy atom. The molecule has 2 heterocycles. The molecule has 7 heteroatoms. The van der Waals surface area contributed by atoms with Crippen LogP contribution < -0.4 is 4.74 Å². The lowest BCUT2D eigenvalue weighted by atomic mass is 10.1. The summed E-state index contributed by atoms with van der Waals surface area (Å²) < 4.78 is 26.2. The average Bonchev–Trinajstić information content (AvgIpc) is 3.37. The number of ether oxygens (including phenoxy) is 1. The molecule has 0 fully saturated rings. The zero-order valence-electron chi connectivity index (χ0n) is 15.9. The molecular formula is C22H20FN3O2S. The molecule has 2 aromatic heterocycles. The van der Waals surface area contributed by atoms with Gasteiger partial charge < -0.3 is 9.15 Å². The van der Waals surface area contributed by atoms with Gasteiger partial charge in [0.1, 0.15) is 17.3 Å². The van der Waals surface area contributed by atoms with Crippen molar-refractivity contribution in [2.75, 3.05) is 12.4 Å². The van der Waals surface area contributed by atoms with Gasteiger partial charge in [0.2, 0.25) is 0 Å². The van der Waals surface area contributed by atoms with Crippen LogP contribution >= 0.6 is 11.8 Å². The summed E-state index contributed by atoms with van der Waals surface area (Å²) in [5.74, 6) is 2.68. The lowest BCUT2D eigenvalue weighted by molar-refractivity contribution is 0.343. The maximum Gasteiger partial charge on any atom is 0.192 e. The maximum atomic E-state index is 13.0. The fourth-order valence-electron chi connectivity index (χ4n) is 2.92. The standard InChI is InChI=1S/C22H20FN3O2S/c1-16-4-2-5-17(14-16)21-24-25-22(26(21)15-20-6-3-11-27-20)29-13-12-28-19-9-7-18(23)8-10-19/h2-11,14H,12-13,15H2,1H3. The first-order valence-corrected chi connectivity index (χ1v) is 10.2. The smallest absolute Gasteiger partial charge is 0.192 e. The average molecular weight is 409 g/mol. The number of rotatable bonds is 8. The summed E-state index contributed by atoms with van der Waals surface area (Å²) in [7, 11) is 0. The van der Waals surface area contributed by atoms with E-state index in [1.807, 2.05) is 24.3 Å². The van der Waals surface area contributed by atoms with E-state index in [0.717, 1.165) is 27.9 Å². The molecule has 0 spiro atoms. The summed E-state index contributed by atoms with van der Waals surface area (Å²) in [5.41, 5.74) is 2.18. The van der Waals surface area contributed by atoms with Crippen molar-refractivity contribution in [2.24, 2.45) is 0 Å². The molecule has 4 rings (SSSR count). The van der Waals surface area contributed by atoms with Gasteiger partial charge in [0.05, 0.1) is 19.4 Å². The second-order valence-electron chi connectivity index (χ2n) is 6.49. The van der Waals surface area contributed by atoms with E-state index in [9.17, 15) is 4.39 Å². The molecule has 0 aliphatic rings. The predicted octanol–water partition coefficient (Wildman–Crippen LogP) is 5.21. The first-order chi connectivity index (χ1) is 14.2. The van der Waals surface area contributed by atoms with E-state index in [1.54, 1.807) is 30.2 Å². The van der Waals surface area contributed by atoms with Crippen LogP contribution in [0.3, 0.4) is 0 Å². The summed E-state index contributed by atoms with van der Waals surface area (Å²) >= 11 is 1.56. The summed E-state index contributed by atoms with van der Waals surface area (Å²) in [5, 5.41) is 9.60. The number of hydrogen-bond donors (Lipinski definition) is 0. The zero-order chi connectivity index (χ0) is 20.1. The van der Waals surface area contributed by atoms with Gasteiger partial charge in [-0.3, -0.25) is 4.57 Å². The molecule has 4 aromatic rings. The highest BCUT2D eigenvalue weighted by molar-refractivity contribution is 7.99. The Morgan fingerprint density at radius 2 is 1.93 bits per heavy atom. The van der Waals surface area contributed by atoms with Gasteiger partial charge in [0.15, 0.2) is 11.0 Å². The zero-order valence-corrected chi connectivity index (χ0v) is 16.7. The minimum absolute atomic E-state index is 0.276. The lowest BCUT2D eigenvalue weighted by Gasteiger charge is -2.10. The van der Waals surface area contributed by atoms with Gasteiger partial charge in [0, 0.05) is 11.3 Å². The van der Waals surface area contributed by atoms with Crippen LogP contribution in [0.1, 0.15) is 11.3 Å². The lowest BCUT2D eigenvalue weighted by Crippen LogP contribution is -2.05. The van der Waals surface area contributed by atoms with E-state index < -0.39 is 0 Å². The van der Waals surface area contributed by atoms with Crippen molar-refractivity contribution in [1.82, 2.24) is 14.8 Å². The van der Waals surface area contributed by atoms with Gasteiger partial charge in [-0.15, -0.1) is 10.2 Å². The van der Waals surface area contributed by atoms with E-state index in [-0.39, 0.29) is 5.82 Å². The molecule has 0 bridgehead atoms. The number of nitrogens with zero attached hydrogens (tertiary/aromatic N) is 3. The highest BCUT2D eigenvalue weighted by Gasteiger charge is 2.16. The van der Waals surface area contributed by atoms with E-state index in [2.05, 4.69) is 33.8 Å². The fourth-order valence-corrected chi connectivity index (χ4v) is 3.67. The highest BCUT2D eigenvalue weighted by Crippen LogP contribution is 2.26. The number of benzene rings is 2. The molecule has 0 atom stereocenters. The molecule has 0 unspecified atom stereocenters. The van der Waals surface area contributed by atoms with E-state index in [4.69, 9.17) is 9.15 Å². The minimum atomic E-state index is -0.276. The molecule has 0 amide bonds. The largest absolute Gasteiger partial charge is 0.493 e. The van der Waals surface area contributed by atoms with Crippen LogP contribution in [-0.2, 0) is 6.54 Å². The number of hydrogen-bond acceptors (Lipinski definition) is 5. The molecule has 2 aromatic carbocycles. The van der Waals surface area contributed by atoms with Crippen LogP contribution in [-0.4, -0.2) is 27.1 Å². The molecule has 0 aliphatic carbocycles. The van der Waals surface area contributed by atoms with Crippen LogP contribution in [0.15, 0.2) is 76.5 Å². The molecule has 5 nitrogen and oxygen atoms in total. The van der Waals surface area contributed by atoms with Crippen molar-refractivity contribution in [1.29, 1.82) is 0 Å². The monoisotopic (exact) mass is 409 g/mol. The summed E-state index contributed by atoms with van der Waals surface area (Å²) in [4.78, 5) is 0. The Balaban J connectivity index is 1.49. The van der Waals surface area contributed by atoms with Gasteiger partial charge in [-0.05, 0) is 49.4 Å². The van der Waals surface area contributed by atoms with Crippen molar-refractivity contribution in [2.45, 2.75) is 18.6 Å². The van der Waals surface area contributed by atoms with Crippen LogP contribution in [0.2, 0.25) is 0 Å². The van der Waals surface area contributed by atoms with E-state index >= 15 is 0 Å². The summed E-state index contributed by atoms with van der Waals surface area (Å²) in [6, 6.07) is 18.0. The summed E-state index contributed by atoms with van der Waals surface area (Å²) in [6.07, 6.45) is 1.66. The third kappa shape index (κ3) is 4.86. The molecule has 29 heavy (non-hydrogen) atoms. The first-order valence-electron chi connectivity index (χ1n) is 9.23. The quantitative estimate of drug-likeness (QED) is 0.296. The molecule has 0 saturated heterocycles. The third-order valence-corrected chi connectivity index (χ3v) is 5.22. The predicted molar refractivity (Wildman–Crippen MR) is 111 cm³/mol. The SMILES string of the molecule is Cc1cccc(-c2nnc(SCCOc3ccc(F)cc3)n2Cc2ccco2)c1. The Morgan fingerprint density at radius 3 is 2.69 bits per heavy atom. The van der Waals surface area contributed by atoms with Crippen molar-refractivity contribution in [3.63, 3.8) is 0 Å². The molecular weight excluding hydrogens is 389 g/mol. The van der Waals surface area contributed by atoms with Gasteiger partial charge in [-0.1, -0.05) is 35.5 Å². The van der Waals surface area contributed by atoms with Crippen LogP contribution in [0.5, 0.6) is 5.75 Å².